The summed E-state index contributed by atoms with van der Waals surface area (Å²) in [5, 5.41) is 5.05. The summed E-state index contributed by atoms with van der Waals surface area (Å²) < 4.78 is 5.73. The van der Waals surface area contributed by atoms with Gasteiger partial charge in [0.25, 0.3) is 5.91 Å². The molecule has 2 atom stereocenters. The molecule has 2 aliphatic carbocycles. The normalized spacial score (nSPS) is 20.0. The van der Waals surface area contributed by atoms with E-state index in [0.717, 1.165) is 71.3 Å². The van der Waals surface area contributed by atoms with E-state index in [1.807, 2.05) is 38.7 Å². The summed E-state index contributed by atoms with van der Waals surface area (Å²) in [6.07, 6.45) is 7.84. The zero-order valence-corrected chi connectivity index (χ0v) is 24.5. The van der Waals surface area contributed by atoms with Crippen molar-refractivity contribution in [3.05, 3.63) is 59.3 Å². The number of carbonyl (C=O) groups is 2. The summed E-state index contributed by atoms with van der Waals surface area (Å²) in [6, 6.07) is 8.25. The Kier molecular flexibility index (Phi) is 7.30. The van der Waals surface area contributed by atoms with Gasteiger partial charge in [-0.05, 0) is 87.8 Å². The molecule has 9 nitrogen and oxygen atoms in total. The van der Waals surface area contributed by atoms with Crippen LogP contribution in [0.1, 0.15) is 73.9 Å². The predicted octanol–water partition coefficient (Wildman–Crippen LogP) is 5.26. The fraction of sp³-hybridized carbons (Fsp3) is 0.531. The fourth-order valence-corrected chi connectivity index (χ4v) is 5.94. The summed E-state index contributed by atoms with van der Waals surface area (Å²) >= 11 is 0. The van der Waals surface area contributed by atoms with Crippen LogP contribution in [-0.4, -0.2) is 57.1 Å². The van der Waals surface area contributed by atoms with Crippen molar-refractivity contribution in [3.8, 4) is 0 Å². The first-order chi connectivity index (χ1) is 19.6. The maximum absolute atomic E-state index is 13.0. The molecule has 2 amide bonds. The molecule has 1 N–H and O–H groups in total. The molecule has 0 spiro atoms. The van der Waals surface area contributed by atoms with Gasteiger partial charge in [-0.15, -0.1) is 0 Å². The highest BCUT2D eigenvalue weighted by atomic mass is 16.6. The average molecular weight is 557 g/mol. The molecule has 41 heavy (non-hydrogen) atoms. The van der Waals surface area contributed by atoms with Crippen molar-refractivity contribution < 1.29 is 14.3 Å². The number of aryl methyl sites for hydroxylation is 1. The van der Waals surface area contributed by atoms with Gasteiger partial charge in [-0.2, -0.15) is 0 Å². The van der Waals surface area contributed by atoms with E-state index in [-0.39, 0.29) is 18.5 Å². The molecule has 216 valence electrons. The number of hydrogen-bond acceptors (Lipinski definition) is 7. The van der Waals surface area contributed by atoms with E-state index >= 15 is 0 Å². The van der Waals surface area contributed by atoms with E-state index in [0.29, 0.717) is 24.7 Å². The van der Waals surface area contributed by atoms with Crippen LogP contribution < -0.4 is 10.2 Å². The largest absolute Gasteiger partial charge is 0.444 e. The van der Waals surface area contributed by atoms with Gasteiger partial charge in [-0.25, -0.2) is 9.78 Å². The van der Waals surface area contributed by atoms with Crippen molar-refractivity contribution in [1.29, 1.82) is 0 Å². The minimum absolute atomic E-state index is 0.263. The van der Waals surface area contributed by atoms with Gasteiger partial charge in [0.05, 0.1) is 24.6 Å². The zero-order valence-electron chi connectivity index (χ0n) is 24.5. The number of amides is 2. The summed E-state index contributed by atoms with van der Waals surface area (Å²) in [7, 11) is 0. The minimum Gasteiger partial charge on any atom is -0.444 e. The highest BCUT2D eigenvalue weighted by molar-refractivity contribution is 5.92. The third-order valence-corrected chi connectivity index (χ3v) is 8.46. The van der Waals surface area contributed by atoms with Gasteiger partial charge in [-0.1, -0.05) is 18.6 Å². The molecular formula is C32H40N6O3. The van der Waals surface area contributed by atoms with Crippen LogP contribution in [0.3, 0.4) is 0 Å². The van der Waals surface area contributed by atoms with E-state index in [1.165, 1.54) is 19.0 Å². The van der Waals surface area contributed by atoms with Gasteiger partial charge < -0.3 is 19.9 Å². The second kappa shape index (κ2) is 10.9. The lowest BCUT2D eigenvalue weighted by atomic mass is 9.85. The molecule has 6 rings (SSSR count). The van der Waals surface area contributed by atoms with Crippen molar-refractivity contribution in [2.75, 3.05) is 24.5 Å². The van der Waals surface area contributed by atoms with Crippen LogP contribution in [0.4, 0.5) is 10.6 Å². The maximum atomic E-state index is 13.0. The fourth-order valence-electron chi connectivity index (χ4n) is 5.94. The molecule has 1 aromatic carbocycles. The number of ether oxygens (including phenoxy) is 1. The number of piperidine rings is 1. The molecule has 9 heteroatoms. The number of carbonyl (C=O) groups excluding carboxylic acids is 2. The van der Waals surface area contributed by atoms with Crippen LogP contribution in [0.2, 0.25) is 0 Å². The topological polar surface area (TPSA) is 101 Å². The Morgan fingerprint density at radius 3 is 2.59 bits per heavy atom. The molecule has 2 aromatic heterocycles. The van der Waals surface area contributed by atoms with Crippen molar-refractivity contribution in [2.24, 2.45) is 17.8 Å². The maximum Gasteiger partial charge on any atom is 0.410 e. The Morgan fingerprint density at radius 1 is 1.10 bits per heavy atom. The van der Waals surface area contributed by atoms with E-state index in [4.69, 9.17) is 9.72 Å². The first kappa shape index (κ1) is 27.4. The summed E-state index contributed by atoms with van der Waals surface area (Å²) in [5.41, 5.74) is 2.47. The number of fused-ring (bicyclic) bond motifs is 2. The summed E-state index contributed by atoms with van der Waals surface area (Å²) in [6.45, 7) is 11.2. The number of hydrogen-bond donors (Lipinski definition) is 1. The second-order valence-corrected chi connectivity index (χ2v) is 13.0. The van der Waals surface area contributed by atoms with Crippen LogP contribution in [0.15, 0.2) is 36.7 Å². The number of nitrogens with zero attached hydrogens (tertiary/aromatic N) is 5. The number of benzene rings is 1. The SMILES string of the molecule is Cc1nc(CNC(=O)c2cncc(N3CC4CC4C3)n2)cc2cc(CN(CC3CCC3)C(=O)OC(C)(C)C)ccc12. The van der Waals surface area contributed by atoms with E-state index < -0.39 is 5.60 Å². The molecule has 3 aromatic rings. The molecule has 2 unspecified atom stereocenters. The number of anilines is 1. The predicted molar refractivity (Wildman–Crippen MR) is 157 cm³/mol. The van der Waals surface area contributed by atoms with Crippen LogP contribution >= 0.6 is 0 Å². The molecule has 0 bridgehead atoms. The minimum atomic E-state index is -0.540. The number of aromatic nitrogens is 3. The van der Waals surface area contributed by atoms with Crippen molar-refractivity contribution >= 4 is 28.6 Å². The van der Waals surface area contributed by atoms with Gasteiger partial charge in [-0.3, -0.25) is 14.8 Å². The van der Waals surface area contributed by atoms with E-state index in [9.17, 15) is 9.59 Å². The van der Waals surface area contributed by atoms with Crippen molar-refractivity contribution in [2.45, 2.75) is 72.1 Å². The van der Waals surface area contributed by atoms with Crippen LogP contribution in [0.25, 0.3) is 10.8 Å². The second-order valence-electron chi connectivity index (χ2n) is 13.0. The summed E-state index contributed by atoms with van der Waals surface area (Å²) in [4.78, 5) is 43.6. The standard InChI is InChI=1S/C32H40N6O3/c1-20-27-9-8-22(17-38(16-21-6-5-7-21)31(40)41-32(2,3)4)10-23(27)12-26(35-20)13-34-30(39)28-14-33-15-29(36-28)37-18-24-11-25(24)19-37/h8-10,12,14-15,21,24-25H,5-7,11,13,16-19H2,1-4H3,(H,34,39). The highest BCUT2D eigenvalue weighted by Gasteiger charge is 2.45. The van der Waals surface area contributed by atoms with E-state index in [1.54, 1.807) is 6.20 Å². The first-order valence-corrected chi connectivity index (χ1v) is 14.8. The Morgan fingerprint density at radius 2 is 1.88 bits per heavy atom. The zero-order chi connectivity index (χ0) is 28.7. The molecule has 0 radical (unpaired) electrons. The average Bonchev–Trinajstić information content (AvgIpc) is 3.51. The molecule has 2 saturated carbocycles. The molecule has 1 saturated heterocycles. The van der Waals surface area contributed by atoms with Crippen LogP contribution in [0, 0.1) is 24.7 Å². The van der Waals surface area contributed by atoms with Crippen LogP contribution in [0.5, 0.6) is 0 Å². The third-order valence-electron chi connectivity index (χ3n) is 8.46. The first-order valence-electron chi connectivity index (χ1n) is 14.8. The Hall–Kier alpha value is -3.75. The number of rotatable bonds is 8. The lowest BCUT2D eigenvalue weighted by molar-refractivity contribution is 0.0173. The van der Waals surface area contributed by atoms with E-state index in [2.05, 4.69) is 38.4 Å². The molecule has 3 fully saturated rings. The van der Waals surface area contributed by atoms with Gasteiger partial charge in [0, 0.05) is 37.3 Å². The lowest BCUT2D eigenvalue weighted by Crippen LogP contribution is -2.40. The molecule has 3 aliphatic rings. The lowest BCUT2D eigenvalue weighted by Gasteiger charge is -2.33. The molecular weight excluding hydrogens is 516 g/mol. The van der Waals surface area contributed by atoms with Gasteiger partial charge >= 0.3 is 6.09 Å². The highest BCUT2D eigenvalue weighted by Crippen LogP contribution is 2.45. The smallest absolute Gasteiger partial charge is 0.410 e. The van der Waals surface area contributed by atoms with Gasteiger partial charge in [0.15, 0.2) is 0 Å². The Bertz CT molecular complexity index is 1450. The van der Waals surface area contributed by atoms with Crippen molar-refractivity contribution in [3.63, 3.8) is 0 Å². The summed E-state index contributed by atoms with van der Waals surface area (Å²) in [5.74, 6) is 2.60. The molecule has 1 aliphatic heterocycles. The number of pyridine rings is 1. The molecule has 3 heterocycles. The Labute approximate surface area is 241 Å². The quantitative estimate of drug-likeness (QED) is 0.404. The van der Waals surface area contributed by atoms with Gasteiger partial charge in [0.1, 0.15) is 17.1 Å². The van der Waals surface area contributed by atoms with Crippen LogP contribution in [-0.2, 0) is 17.8 Å². The van der Waals surface area contributed by atoms with Gasteiger partial charge in [0.2, 0.25) is 0 Å². The Balaban J connectivity index is 1.14. The third kappa shape index (κ3) is 6.44. The van der Waals surface area contributed by atoms with Crippen molar-refractivity contribution in [1.82, 2.24) is 25.2 Å². The monoisotopic (exact) mass is 556 g/mol. The number of nitrogens with one attached hydrogen (secondary N) is 1.